The minimum atomic E-state index is -0.0867. The predicted molar refractivity (Wildman–Crippen MR) is 93.7 cm³/mol. The van der Waals surface area contributed by atoms with Crippen molar-refractivity contribution in [1.82, 2.24) is 9.97 Å². The maximum atomic E-state index is 6.36. The highest BCUT2D eigenvalue weighted by molar-refractivity contribution is 7.18. The number of rotatable bonds is 3. The number of aromatic nitrogens is 2. The molecular weight excluding hydrogens is 302 g/mol. The van der Waals surface area contributed by atoms with Crippen LogP contribution in [-0.4, -0.2) is 15.5 Å². The lowest BCUT2D eigenvalue weighted by Gasteiger charge is -2.33. The van der Waals surface area contributed by atoms with Crippen molar-refractivity contribution in [3.8, 4) is 0 Å². The molecule has 1 N–H and O–H groups in total. The summed E-state index contributed by atoms with van der Waals surface area (Å²) in [6, 6.07) is 0. The molecular formula is C16H24ClN3S. The van der Waals surface area contributed by atoms with Crippen molar-refractivity contribution in [3.05, 3.63) is 15.6 Å². The van der Waals surface area contributed by atoms with Crippen molar-refractivity contribution in [1.29, 1.82) is 0 Å². The smallest absolute Gasteiger partial charge is 0.225 e. The summed E-state index contributed by atoms with van der Waals surface area (Å²) in [6.07, 6.45) is 1.02. The van der Waals surface area contributed by atoms with E-state index in [1.54, 1.807) is 11.3 Å². The van der Waals surface area contributed by atoms with Gasteiger partial charge >= 0.3 is 0 Å². The van der Waals surface area contributed by atoms with E-state index in [-0.39, 0.29) is 11.0 Å². The normalized spacial score (nSPS) is 13.0. The Morgan fingerprint density at radius 2 is 1.71 bits per heavy atom. The van der Waals surface area contributed by atoms with Crippen LogP contribution in [0, 0.1) is 19.3 Å². The molecule has 0 radical (unpaired) electrons. The van der Waals surface area contributed by atoms with Gasteiger partial charge in [-0.2, -0.15) is 0 Å². The molecule has 21 heavy (non-hydrogen) atoms. The molecule has 2 rings (SSSR count). The molecule has 0 bridgehead atoms. The molecule has 5 heteroatoms. The third-order valence-corrected chi connectivity index (χ3v) is 4.78. The summed E-state index contributed by atoms with van der Waals surface area (Å²) in [6.45, 7) is 15.2. The predicted octanol–water partition coefficient (Wildman–Crippen LogP) is 5.59. The van der Waals surface area contributed by atoms with Gasteiger partial charge in [0.05, 0.1) is 5.39 Å². The maximum absolute atomic E-state index is 6.36. The number of halogens is 1. The topological polar surface area (TPSA) is 37.8 Å². The first-order chi connectivity index (χ1) is 9.48. The molecule has 0 saturated carbocycles. The Kier molecular flexibility index (Phi) is 4.24. The van der Waals surface area contributed by atoms with Crippen LogP contribution in [0.25, 0.3) is 10.2 Å². The van der Waals surface area contributed by atoms with Crippen LogP contribution in [0.1, 0.15) is 51.5 Å². The van der Waals surface area contributed by atoms with E-state index in [0.29, 0.717) is 11.1 Å². The van der Waals surface area contributed by atoms with Crippen LogP contribution in [-0.2, 0) is 0 Å². The summed E-state index contributed by atoms with van der Waals surface area (Å²) in [5, 5.41) is 4.96. The lowest BCUT2D eigenvalue weighted by molar-refractivity contribution is 0.301. The zero-order valence-corrected chi connectivity index (χ0v) is 15.5. The molecule has 0 aliphatic heterocycles. The molecule has 0 aliphatic rings. The van der Waals surface area contributed by atoms with Gasteiger partial charge < -0.3 is 5.32 Å². The minimum absolute atomic E-state index is 0.0867. The fourth-order valence-corrected chi connectivity index (χ4v) is 4.33. The van der Waals surface area contributed by atoms with Crippen molar-refractivity contribution >= 4 is 39.1 Å². The lowest BCUT2D eigenvalue weighted by Crippen LogP contribution is -2.36. The first-order valence-corrected chi connectivity index (χ1v) is 8.39. The number of fused-ring (bicyclic) bond motifs is 1. The Morgan fingerprint density at radius 1 is 1.10 bits per heavy atom. The number of nitrogens with one attached hydrogen (secondary N) is 1. The van der Waals surface area contributed by atoms with Gasteiger partial charge in [-0.25, -0.2) is 9.97 Å². The van der Waals surface area contributed by atoms with Crippen LogP contribution in [0.2, 0.25) is 5.15 Å². The molecule has 0 spiro atoms. The van der Waals surface area contributed by atoms with E-state index < -0.39 is 0 Å². The zero-order valence-electron chi connectivity index (χ0n) is 13.9. The molecule has 0 aliphatic carbocycles. The number of anilines is 1. The van der Waals surface area contributed by atoms with Gasteiger partial charge in [0.2, 0.25) is 5.95 Å². The van der Waals surface area contributed by atoms with Crippen molar-refractivity contribution < 1.29 is 0 Å². The Morgan fingerprint density at radius 3 is 2.29 bits per heavy atom. The van der Waals surface area contributed by atoms with Gasteiger partial charge in [0, 0.05) is 10.4 Å². The third-order valence-electron chi connectivity index (χ3n) is 3.41. The van der Waals surface area contributed by atoms with Gasteiger partial charge in [0.15, 0.2) is 0 Å². The van der Waals surface area contributed by atoms with Crippen molar-refractivity contribution in [2.75, 3.05) is 5.32 Å². The molecule has 0 saturated heterocycles. The largest absolute Gasteiger partial charge is 0.349 e. The second-order valence-corrected chi connectivity index (χ2v) is 9.11. The molecule has 2 heterocycles. The molecule has 3 nitrogen and oxygen atoms in total. The van der Waals surface area contributed by atoms with Crippen molar-refractivity contribution in [2.24, 2.45) is 5.41 Å². The fraction of sp³-hybridized carbons (Fsp3) is 0.625. The SMILES string of the molecule is Cc1sc2nc(NC(C)(C)CC(C)(C)C)nc(Cl)c2c1C. The van der Waals surface area contributed by atoms with Gasteiger partial charge in [-0.15, -0.1) is 11.3 Å². The number of nitrogens with zero attached hydrogens (tertiary/aromatic N) is 2. The summed E-state index contributed by atoms with van der Waals surface area (Å²) >= 11 is 8.03. The van der Waals surface area contributed by atoms with Crippen LogP contribution < -0.4 is 5.32 Å². The standard InChI is InChI=1S/C16H24ClN3S/c1-9-10(2)21-13-11(9)12(17)18-14(19-13)20-16(6,7)8-15(3,4)5/h8H2,1-7H3,(H,18,19,20). The van der Waals surface area contributed by atoms with Gasteiger partial charge in [-0.1, -0.05) is 32.4 Å². The highest BCUT2D eigenvalue weighted by Gasteiger charge is 2.26. The molecule has 0 unspecified atom stereocenters. The molecule has 0 fully saturated rings. The fourth-order valence-electron chi connectivity index (χ4n) is 2.93. The highest BCUT2D eigenvalue weighted by atomic mass is 35.5. The summed E-state index contributed by atoms with van der Waals surface area (Å²) < 4.78 is 0. The van der Waals surface area contributed by atoms with E-state index in [0.717, 1.165) is 16.6 Å². The molecule has 2 aromatic heterocycles. The van der Waals surface area contributed by atoms with Crippen LogP contribution in [0.3, 0.4) is 0 Å². The first kappa shape index (κ1) is 16.5. The second-order valence-electron chi connectivity index (χ2n) is 7.55. The Balaban J connectivity index is 2.35. The number of hydrogen-bond acceptors (Lipinski definition) is 4. The quantitative estimate of drug-likeness (QED) is 0.747. The van der Waals surface area contributed by atoms with E-state index in [1.165, 1.54) is 10.4 Å². The Hall–Kier alpha value is -0.870. The Labute approximate surface area is 136 Å². The summed E-state index contributed by atoms with van der Waals surface area (Å²) in [7, 11) is 0. The molecule has 0 amide bonds. The second kappa shape index (κ2) is 5.40. The van der Waals surface area contributed by atoms with Gasteiger partial charge in [-0.05, 0) is 45.1 Å². The molecule has 0 aromatic carbocycles. The van der Waals surface area contributed by atoms with Crippen LogP contribution in [0.15, 0.2) is 0 Å². The molecule has 2 aromatic rings. The third kappa shape index (κ3) is 3.86. The zero-order chi connectivity index (χ0) is 16.0. The van der Waals surface area contributed by atoms with Crippen molar-refractivity contribution in [3.63, 3.8) is 0 Å². The van der Waals surface area contributed by atoms with Crippen LogP contribution in [0.5, 0.6) is 0 Å². The summed E-state index contributed by atoms with van der Waals surface area (Å²) in [5.41, 5.74) is 1.33. The van der Waals surface area contributed by atoms with Crippen molar-refractivity contribution in [2.45, 2.75) is 60.4 Å². The van der Waals surface area contributed by atoms with E-state index in [4.69, 9.17) is 11.6 Å². The van der Waals surface area contributed by atoms with E-state index in [1.807, 2.05) is 0 Å². The monoisotopic (exact) mass is 325 g/mol. The average molecular weight is 326 g/mol. The summed E-state index contributed by atoms with van der Waals surface area (Å²) in [5.74, 6) is 0.614. The van der Waals surface area contributed by atoms with Crippen LogP contribution in [0.4, 0.5) is 5.95 Å². The van der Waals surface area contributed by atoms with E-state index in [2.05, 4.69) is 63.8 Å². The average Bonchev–Trinajstić information content (AvgIpc) is 2.49. The highest BCUT2D eigenvalue weighted by Crippen LogP contribution is 2.35. The summed E-state index contributed by atoms with van der Waals surface area (Å²) in [4.78, 5) is 11.3. The van der Waals surface area contributed by atoms with Gasteiger partial charge in [0.1, 0.15) is 9.98 Å². The number of hydrogen-bond donors (Lipinski definition) is 1. The Bertz CT molecular complexity index is 668. The van der Waals surface area contributed by atoms with Crippen LogP contribution >= 0.6 is 22.9 Å². The minimum Gasteiger partial charge on any atom is -0.349 e. The van der Waals surface area contributed by atoms with E-state index >= 15 is 0 Å². The number of aryl methyl sites for hydroxylation is 2. The first-order valence-electron chi connectivity index (χ1n) is 7.20. The van der Waals surface area contributed by atoms with Gasteiger partial charge in [-0.3, -0.25) is 0 Å². The molecule has 116 valence electrons. The number of thiophene rings is 1. The molecule has 0 atom stereocenters. The maximum Gasteiger partial charge on any atom is 0.225 e. The van der Waals surface area contributed by atoms with E-state index in [9.17, 15) is 0 Å². The van der Waals surface area contributed by atoms with Gasteiger partial charge in [0.25, 0.3) is 0 Å². The lowest BCUT2D eigenvalue weighted by atomic mass is 9.82.